The topological polar surface area (TPSA) is 81.9 Å². The summed E-state index contributed by atoms with van der Waals surface area (Å²) in [5, 5.41) is 6.21. The molecule has 0 atom stereocenters. The zero-order valence-electron chi connectivity index (χ0n) is 17.4. The van der Waals surface area contributed by atoms with E-state index in [-0.39, 0.29) is 23.1 Å². The van der Waals surface area contributed by atoms with Crippen molar-refractivity contribution in [2.24, 2.45) is 7.05 Å². The highest BCUT2D eigenvalue weighted by Gasteiger charge is 2.36. The summed E-state index contributed by atoms with van der Waals surface area (Å²) in [7, 11) is 1.42. The summed E-state index contributed by atoms with van der Waals surface area (Å²) < 4.78 is 49.6. The van der Waals surface area contributed by atoms with Gasteiger partial charge in [-0.2, -0.15) is 18.3 Å². The van der Waals surface area contributed by atoms with Crippen molar-refractivity contribution in [3.63, 3.8) is 0 Å². The summed E-state index contributed by atoms with van der Waals surface area (Å²) in [6.45, 7) is -0.248. The molecule has 0 saturated carbocycles. The molecule has 0 aliphatic carbocycles. The number of alkyl halides is 3. The van der Waals surface area contributed by atoms with Gasteiger partial charge in [0, 0.05) is 22.7 Å². The number of ether oxygens (including phenoxy) is 1. The first-order chi connectivity index (χ1) is 16.0. The second-order valence-electron chi connectivity index (χ2n) is 7.28. The molecule has 2 aromatic carbocycles. The Kier molecular flexibility index (Phi) is 6.41. The van der Waals surface area contributed by atoms with Crippen LogP contribution in [0, 0.1) is 0 Å². The number of pyridine rings is 1. The largest absolute Gasteiger partial charge is 0.451 e. The lowest BCUT2D eigenvalue weighted by atomic mass is 10.1. The maximum absolute atomic E-state index is 13.7. The number of hydrogen-bond acceptors (Lipinski definition) is 4. The minimum absolute atomic E-state index is 0.0436. The van der Waals surface area contributed by atoms with Crippen LogP contribution in [0.4, 0.5) is 13.2 Å². The van der Waals surface area contributed by atoms with Crippen LogP contribution in [-0.2, 0) is 19.8 Å². The highest BCUT2D eigenvalue weighted by atomic mass is 79.9. The summed E-state index contributed by atoms with van der Waals surface area (Å²) >= 11 is 9.53. The van der Waals surface area contributed by atoms with Crippen molar-refractivity contribution in [3.05, 3.63) is 96.4 Å². The number of halogens is 5. The fourth-order valence-electron chi connectivity index (χ4n) is 3.22. The smallest absolute Gasteiger partial charge is 0.420 e. The first-order valence-electron chi connectivity index (χ1n) is 9.68. The third-order valence-electron chi connectivity index (χ3n) is 4.98. The first-order valence-corrected chi connectivity index (χ1v) is 10.9. The summed E-state index contributed by atoms with van der Waals surface area (Å²) in [6.07, 6.45) is -3.87. The van der Waals surface area contributed by atoms with Crippen molar-refractivity contribution in [3.8, 4) is 22.6 Å². The number of hydrogen-bond donors (Lipinski definition) is 1. The Morgan fingerprint density at radius 3 is 2.41 bits per heavy atom. The second kappa shape index (κ2) is 9.15. The van der Waals surface area contributed by atoms with Crippen molar-refractivity contribution >= 4 is 27.5 Å². The van der Waals surface area contributed by atoms with Gasteiger partial charge in [-0.15, -0.1) is 0 Å². The predicted octanol–water partition coefficient (Wildman–Crippen LogP) is 5.21. The molecule has 2 heterocycles. The fraction of sp³-hybridized carbons (Fsp3) is 0.136. The molecule has 1 N–H and O–H groups in total. The summed E-state index contributed by atoms with van der Waals surface area (Å²) in [4.78, 5) is 24.6. The highest BCUT2D eigenvalue weighted by molar-refractivity contribution is 9.10. The first kappa shape index (κ1) is 23.8. The molecular weight excluding hydrogens is 541 g/mol. The molecule has 0 unspecified atom stereocenters. The van der Waals surface area contributed by atoms with Gasteiger partial charge in [0.05, 0.1) is 6.54 Å². The average Bonchev–Trinajstić information content (AvgIpc) is 3.08. The molecular formula is C22H15BrClF3N4O3. The molecule has 0 radical (unpaired) electrons. The van der Waals surface area contributed by atoms with E-state index < -0.39 is 28.7 Å². The van der Waals surface area contributed by atoms with Crippen molar-refractivity contribution < 1.29 is 17.9 Å². The van der Waals surface area contributed by atoms with Gasteiger partial charge in [-0.05, 0) is 47.5 Å². The quantitative estimate of drug-likeness (QED) is 0.367. The zero-order valence-corrected chi connectivity index (χ0v) is 19.7. The maximum atomic E-state index is 13.7. The van der Waals surface area contributed by atoms with Gasteiger partial charge in [-0.1, -0.05) is 39.7 Å². The molecule has 0 bridgehead atoms. The fourth-order valence-corrected chi connectivity index (χ4v) is 3.71. The maximum Gasteiger partial charge on any atom is 0.420 e. The Morgan fingerprint density at radius 1 is 1.09 bits per heavy atom. The summed E-state index contributed by atoms with van der Waals surface area (Å²) in [5.74, 6) is -0.810. The molecule has 0 amide bonds. The van der Waals surface area contributed by atoms with E-state index in [1.165, 1.54) is 19.2 Å². The predicted molar refractivity (Wildman–Crippen MR) is 123 cm³/mol. The van der Waals surface area contributed by atoms with Crippen LogP contribution in [0.2, 0.25) is 5.02 Å². The van der Waals surface area contributed by atoms with Gasteiger partial charge in [-0.3, -0.25) is 9.36 Å². The van der Waals surface area contributed by atoms with Crippen molar-refractivity contribution in [2.45, 2.75) is 12.7 Å². The minimum Gasteiger partial charge on any atom is -0.451 e. The SMILES string of the molecule is Cn1c(Cn2ccc(C(F)(F)F)c(Oc3cc(Cl)cc(-c4ccc(Br)cc4)c3)c2=O)n[nH]c1=O. The molecule has 4 rings (SSSR count). The minimum atomic E-state index is -4.85. The summed E-state index contributed by atoms with van der Waals surface area (Å²) in [6, 6.07) is 12.4. The van der Waals surface area contributed by atoms with E-state index in [0.29, 0.717) is 5.56 Å². The number of aromatic amines is 1. The van der Waals surface area contributed by atoms with Crippen LogP contribution >= 0.6 is 27.5 Å². The van der Waals surface area contributed by atoms with Crippen molar-refractivity contribution in [1.29, 1.82) is 0 Å². The van der Waals surface area contributed by atoms with Gasteiger partial charge in [0.2, 0.25) is 5.75 Å². The molecule has 34 heavy (non-hydrogen) atoms. The standard InChI is InChI=1S/C22H15BrClF3N4O3/c1-30-18(28-29-21(30)33)11-31-7-6-17(22(25,26)27)19(20(31)32)34-16-9-13(8-15(24)10-16)12-2-4-14(23)5-3-12/h2-10H,11H2,1H3,(H,29,33). The lowest BCUT2D eigenvalue weighted by Gasteiger charge is -2.16. The highest BCUT2D eigenvalue weighted by Crippen LogP contribution is 2.37. The van der Waals surface area contributed by atoms with E-state index in [1.807, 2.05) is 0 Å². The van der Waals surface area contributed by atoms with Gasteiger partial charge in [0.1, 0.15) is 11.3 Å². The number of benzene rings is 2. The number of nitrogens with one attached hydrogen (secondary N) is 1. The lowest BCUT2D eigenvalue weighted by Crippen LogP contribution is -2.26. The van der Waals surface area contributed by atoms with Crippen LogP contribution in [0.25, 0.3) is 11.1 Å². The zero-order chi connectivity index (χ0) is 24.6. The number of rotatable bonds is 5. The summed E-state index contributed by atoms with van der Waals surface area (Å²) in [5.41, 5.74) is -1.47. The Bertz CT molecular complexity index is 1480. The Hall–Kier alpha value is -3.31. The van der Waals surface area contributed by atoms with Gasteiger partial charge >= 0.3 is 11.9 Å². The van der Waals surface area contributed by atoms with Crippen LogP contribution in [0.15, 0.2) is 68.8 Å². The van der Waals surface area contributed by atoms with Gasteiger partial charge in [0.25, 0.3) is 5.56 Å². The average molecular weight is 556 g/mol. The van der Waals surface area contributed by atoms with E-state index in [4.69, 9.17) is 16.3 Å². The normalized spacial score (nSPS) is 11.6. The van der Waals surface area contributed by atoms with E-state index in [2.05, 4.69) is 26.1 Å². The van der Waals surface area contributed by atoms with Gasteiger partial charge < -0.3 is 9.30 Å². The molecule has 0 aliphatic heterocycles. The van der Waals surface area contributed by atoms with Crippen molar-refractivity contribution in [2.75, 3.05) is 0 Å². The monoisotopic (exact) mass is 554 g/mol. The van der Waals surface area contributed by atoms with Crippen molar-refractivity contribution in [1.82, 2.24) is 19.3 Å². The Labute approximate surface area is 203 Å². The van der Waals surface area contributed by atoms with Crippen LogP contribution in [0.1, 0.15) is 11.4 Å². The van der Waals surface area contributed by atoms with Gasteiger partial charge in [-0.25, -0.2) is 9.89 Å². The number of H-pyrrole nitrogens is 1. The molecule has 7 nitrogen and oxygen atoms in total. The second-order valence-corrected chi connectivity index (χ2v) is 8.63. The Morgan fingerprint density at radius 2 is 1.79 bits per heavy atom. The molecule has 2 aromatic heterocycles. The number of aromatic nitrogens is 4. The molecule has 4 aromatic rings. The van der Waals surface area contributed by atoms with E-state index in [9.17, 15) is 22.8 Å². The lowest BCUT2D eigenvalue weighted by molar-refractivity contribution is -0.138. The molecule has 0 spiro atoms. The molecule has 176 valence electrons. The number of nitrogens with zero attached hydrogens (tertiary/aromatic N) is 3. The van der Waals surface area contributed by atoms with Crippen LogP contribution in [0.3, 0.4) is 0 Å². The molecule has 0 saturated heterocycles. The van der Waals surface area contributed by atoms with Crippen LogP contribution < -0.4 is 16.0 Å². The molecule has 0 aliphatic rings. The van der Waals surface area contributed by atoms with E-state index in [0.717, 1.165) is 31.4 Å². The van der Waals surface area contributed by atoms with Crippen LogP contribution in [0.5, 0.6) is 11.5 Å². The third-order valence-corrected chi connectivity index (χ3v) is 5.73. The third kappa shape index (κ3) is 4.95. The Balaban J connectivity index is 1.78. The van der Waals surface area contributed by atoms with Crippen LogP contribution in [-0.4, -0.2) is 19.3 Å². The van der Waals surface area contributed by atoms with Gasteiger partial charge in [0.15, 0.2) is 5.82 Å². The van der Waals surface area contributed by atoms with E-state index >= 15 is 0 Å². The van der Waals surface area contributed by atoms with E-state index in [1.54, 1.807) is 30.3 Å². The molecule has 0 fully saturated rings. The molecule has 12 heteroatoms.